The first-order valence-corrected chi connectivity index (χ1v) is 8.81. The Bertz CT molecular complexity index is 517. The number of carbonyl (C=O) groups excluding carboxylic acids is 1. The van der Waals surface area contributed by atoms with E-state index in [0.717, 1.165) is 0 Å². The highest BCUT2D eigenvalue weighted by Gasteiger charge is 2.24. The first kappa shape index (κ1) is 19.8. The fraction of sp³-hybridized carbons (Fsp3) is 0.833. The summed E-state index contributed by atoms with van der Waals surface area (Å²) in [7, 11) is -4.22. The molecule has 0 radical (unpaired) electrons. The molecule has 1 heterocycles. The van der Waals surface area contributed by atoms with Crippen LogP contribution in [-0.4, -0.2) is 95.5 Å². The SMILES string of the molecule is N[C@@H](CCC(=O)N1CCN(CC(O)CS(=O)(=O)O)CC1)C(=O)O. The number of carbonyl (C=O) groups is 2. The van der Waals surface area contributed by atoms with Crippen LogP contribution in [0.15, 0.2) is 0 Å². The van der Waals surface area contributed by atoms with Gasteiger partial charge >= 0.3 is 5.97 Å². The maximum atomic E-state index is 11.9. The van der Waals surface area contributed by atoms with Crippen molar-refractivity contribution in [2.75, 3.05) is 38.5 Å². The Labute approximate surface area is 134 Å². The summed E-state index contributed by atoms with van der Waals surface area (Å²) >= 11 is 0. The van der Waals surface area contributed by atoms with Crippen LogP contribution in [0.2, 0.25) is 0 Å². The Morgan fingerprint density at radius 1 is 1.17 bits per heavy atom. The van der Waals surface area contributed by atoms with Crippen LogP contribution in [0.1, 0.15) is 12.8 Å². The molecule has 0 aromatic carbocycles. The van der Waals surface area contributed by atoms with Crippen LogP contribution in [0, 0.1) is 0 Å². The summed E-state index contributed by atoms with van der Waals surface area (Å²) in [5, 5.41) is 18.2. The van der Waals surface area contributed by atoms with Crippen molar-refractivity contribution < 1.29 is 32.8 Å². The number of β-amino-alcohol motifs (C(OH)–C–C–N with tert-alkyl or cyclic N) is 1. The van der Waals surface area contributed by atoms with Crippen LogP contribution < -0.4 is 5.73 Å². The number of amides is 1. The van der Waals surface area contributed by atoms with Crippen molar-refractivity contribution in [1.29, 1.82) is 0 Å². The predicted octanol–water partition coefficient (Wildman–Crippen LogP) is -2.43. The minimum Gasteiger partial charge on any atom is -0.480 e. The Balaban J connectivity index is 2.32. The van der Waals surface area contributed by atoms with Gasteiger partial charge in [-0.05, 0) is 6.42 Å². The molecule has 11 heteroatoms. The van der Waals surface area contributed by atoms with E-state index in [1.807, 2.05) is 0 Å². The standard InChI is InChI=1S/C12H23N3O7S/c13-10(12(18)19)1-2-11(17)15-5-3-14(4-6-15)7-9(16)8-23(20,21)22/h9-10,16H,1-8,13H2,(H,18,19)(H,20,21,22)/t9?,10-/m0/s1. The summed E-state index contributed by atoms with van der Waals surface area (Å²) in [5.74, 6) is -2.05. The molecule has 1 saturated heterocycles. The van der Waals surface area contributed by atoms with Crippen LogP contribution >= 0.6 is 0 Å². The molecule has 0 aromatic heterocycles. The van der Waals surface area contributed by atoms with Crippen LogP contribution in [-0.2, 0) is 19.7 Å². The van der Waals surface area contributed by atoms with Crippen LogP contribution in [0.25, 0.3) is 0 Å². The zero-order chi connectivity index (χ0) is 17.6. The molecule has 0 aliphatic carbocycles. The molecule has 134 valence electrons. The fourth-order valence-corrected chi connectivity index (χ4v) is 2.93. The van der Waals surface area contributed by atoms with Gasteiger partial charge in [-0.2, -0.15) is 8.42 Å². The van der Waals surface area contributed by atoms with Gasteiger partial charge in [-0.3, -0.25) is 19.0 Å². The molecule has 0 spiro atoms. The molecule has 0 saturated carbocycles. The Kier molecular flexibility index (Phi) is 7.35. The summed E-state index contributed by atoms with van der Waals surface area (Å²) in [6.45, 7) is 1.81. The lowest BCUT2D eigenvalue weighted by atomic mass is 10.1. The molecule has 5 N–H and O–H groups in total. The van der Waals surface area contributed by atoms with E-state index in [1.54, 1.807) is 9.80 Å². The first-order valence-electron chi connectivity index (χ1n) is 7.20. The third-order valence-corrected chi connectivity index (χ3v) is 4.39. The number of aliphatic carboxylic acids is 1. The van der Waals surface area contributed by atoms with Crippen molar-refractivity contribution in [2.45, 2.75) is 25.0 Å². The lowest BCUT2D eigenvalue weighted by molar-refractivity contribution is -0.139. The van der Waals surface area contributed by atoms with Crippen LogP contribution in [0.5, 0.6) is 0 Å². The van der Waals surface area contributed by atoms with E-state index in [2.05, 4.69) is 0 Å². The number of nitrogens with two attached hydrogens (primary N) is 1. The maximum Gasteiger partial charge on any atom is 0.320 e. The topological polar surface area (TPSA) is 161 Å². The van der Waals surface area contributed by atoms with Crippen LogP contribution in [0.3, 0.4) is 0 Å². The van der Waals surface area contributed by atoms with Gasteiger partial charge in [0.15, 0.2) is 0 Å². The average Bonchev–Trinajstić information content (AvgIpc) is 2.42. The summed E-state index contributed by atoms with van der Waals surface area (Å²) in [6.07, 6.45) is -1.07. The quantitative estimate of drug-likeness (QED) is 0.348. The number of aliphatic hydroxyl groups is 1. The van der Waals surface area contributed by atoms with Crippen molar-refractivity contribution >= 4 is 22.0 Å². The number of carboxylic acids is 1. The second-order valence-corrected chi connectivity index (χ2v) is 7.06. The molecule has 23 heavy (non-hydrogen) atoms. The molecule has 1 aliphatic heterocycles. The van der Waals surface area contributed by atoms with E-state index in [-0.39, 0.29) is 25.3 Å². The molecule has 1 amide bonds. The third kappa shape index (κ3) is 7.70. The molecule has 0 bridgehead atoms. The van der Waals surface area contributed by atoms with E-state index in [9.17, 15) is 23.1 Å². The van der Waals surface area contributed by atoms with Gasteiger partial charge in [0.25, 0.3) is 10.1 Å². The predicted molar refractivity (Wildman–Crippen MR) is 80.3 cm³/mol. The van der Waals surface area contributed by atoms with Crippen molar-refractivity contribution in [1.82, 2.24) is 9.80 Å². The second-order valence-electron chi connectivity index (χ2n) is 5.57. The van der Waals surface area contributed by atoms with E-state index in [4.69, 9.17) is 15.4 Å². The first-order chi connectivity index (χ1) is 10.6. The van der Waals surface area contributed by atoms with Gasteiger partial charge in [-0.15, -0.1) is 0 Å². The van der Waals surface area contributed by atoms with Gasteiger partial charge in [-0.25, -0.2) is 0 Å². The number of aliphatic hydroxyl groups excluding tert-OH is 1. The zero-order valence-corrected chi connectivity index (χ0v) is 13.5. The highest BCUT2D eigenvalue weighted by Crippen LogP contribution is 2.07. The Morgan fingerprint density at radius 3 is 2.22 bits per heavy atom. The Hall–Kier alpha value is -1.27. The van der Waals surface area contributed by atoms with Gasteiger partial charge in [0.05, 0.1) is 6.10 Å². The molecule has 1 unspecified atom stereocenters. The second kappa shape index (κ2) is 8.55. The Morgan fingerprint density at radius 2 is 1.74 bits per heavy atom. The van der Waals surface area contributed by atoms with Gasteiger partial charge in [0.1, 0.15) is 11.8 Å². The summed E-state index contributed by atoms with van der Waals surface area (Å²) in [4.78, 5) is 25.9. The van der Waals surface area contributed by atoms with E-state index < -0.39 is 34.0 Å². The van der Waals surface area contributed by atoms with Crippen molar-refractivity contribution in [3.8, 4) is 0 Å². The molecule has 10 nitrogen and oxygen atoms in total. The van der Waals surface area contributed by atoms with E-state index in [0.29, 0.717) is 26.2 Å². The number of hydrogen-bond acceptors (Lipinski definition) is 7. The van der Waals surface area contributed by atoms with Crippen LogP contribution in [0.4, 0.5) is 0 Å². The fourth-order valence-electron chi connectivity index (χ4n) is 2.33. The highest BCUT2D eigenvalue weighted by molar-refractivity contribution is 7.85. The number of carboxylic acid groups (broad SMARTS) is 1. The summed E-state index contributed by atoms with van der Waals surface area (Å²) in [6, 6.07) is -1.06. The molecular weight excluding hydrogens is 330 g/mol. The molecule has 1 fully saturated rings. The minimum absolute atomic E-state index is 0.0544. The number of piperazine rings is 1. The van der Waals surface area contributed by atoms with E-state index >= 15 is 0 Å². The molecule has 1 aliphatic rings. The van der Waals surface area contributed by atoms with Crippen molar-refractivity contribution in [3.05, 3.63) is 0 Å². The highest BCUT2D eigenvalue weighted by atomic mass is 32.2. The molecule has 1 rings (SSSR count). The molecule has 2 atom stereocenters. The van der Waals surface area contributed by atoms with Gasteiger partial charge in [0, 0.05) is 39.1 Å². The third-order valence-electron chi connectivity index (χ3n) is 3.58. The summed E-state index contributed by atoms with van der Waals surface area (Å²) in [5.41, 5.74) is 5.35. The zero-order valence-electron chi connectivity index (χ0n) is 12.7. The monoisotopic (exact) mass is 353 g/mol. The lowest BCUT2D eigenvalue weighted by Gasteiger charge is -2.35. The normalized spacial score (nSPS) is 19.3. The van der Waals surface area contributed by atoms with E-state index in [1.165, 1.54) is 0 Å². The lowest BCUT2D eigenvalue weighted by Crippen LogP contribution is -2.51. The van der Waals surface area contributed by atoms with Crippen molar-refractivity contribution in [2.24, 2.45) is 5.73 Å². The molecule has 0 aromatic rings. The number of rotatable bonds is 8. The average molecular weight is 353 g/mol. The van der Waals surface area contributed by atoms with Gasteiger partial charge in [0.2, 0.25) is 5.91 Å². The largest absolute Gasteiger partial charge is 0.480 e. The van der Waals surface area contributed by atoms with Gasteiger partial charge in [-0.1, -0.05) is 0 Å². The smallest absolute Gasteiger partial charge is 0.320 e. The van der Waals surface area contributed by atoms with Crippen molar-refractivity contribution in [3.63, 3.8) is 0 Å². The van der Waals surface area contributed by atoms with Gasteiger partial charge < -0.3 is 20.8 Å². The number of hydrogen-bond donors (Lipinski definition) is 4. The minimum atomic E-state index is -4.22. The molecular formula is C12H23N3O7S. The number of nitrogens with zero attached hydrogens (tertiary/aromatic N) is 2. The summed E-state index contributed by atoms with van der Waals surface area (Å²) < 4.78 is 30.0. The maximum absolute atomic E-state index is 11.9.